The molecule has 0 saturated carbocycles. The van der Waals surface area contributed by atoms with E-state index in [1.165, 1.54) is 33.4 Å². The van der Waals surface area contributed by atoms with Gasteiger partial charge in [-0.3, -0.25) is 4.98 Å². The summed E-state index contributed by atoms with van der Waals surface area (Å²) in [5, 5.41) is 0. The van der Waals surface area contributed by atoms with E-state index in [9.17, 15) is 0 Å². The van der Waals surface area contributed by atoms with Crippen LogP contribution >= 0.6 is 0 Å². The maximum atomic E-state index is 4.42. The molecule has 0 amide bonds. The van der Waals surface area contributed by atoms with E-state index in [2.05, 4.69) is 109 Å². The van der Waals surface area contributed by atoms with Gasteiger partial charge in [-0.15, -0.1) is 34.9 Å². The quantitative estimate of drug-likeness (QED) is 0.174. The van der Waals surface area contributed by atoms with Crippen molar-refractivity contribution in [1.82, 2.24) is 9.97 Å². The van der Waals surface area contributed by atoms with Gasteiger partial charge in [0.1, 0.15) is 0 Å². The van der Waals surface area contributed by atoms with Crippen molar-refractivity contribution < 1.29 is 20.1 Å². The Morgan fingerprint density at radius 2 is 0.974 bits per heavy atom. The van der Waals surface area contributed by atoms with Crippen molar-refractivity contribution in [3.05, 3.63) is 157 Å². The van der Waals surface area contributed by atoms with Crippen LogP contribution in [0, 0.1) is 19.9 Å². The molecule has 0 atom stereocenters. The summed E-state index contributed by atoms with van der Waals surface area (Å²) in [5.41, 5.74) is 11.5. The first kappa shape index (κ1) is 27.9. The molecule has 0 bridgehead atoms. The van der Waals surface area contributed by atoms with Crippen molar-refractivity contribution in [2.45, 2.75) is 13.8 Å². The van der Waals surface area contributed by atoms with Gasteiger partial charge in [0.2, 0.25) is 0 Å². The number of aromatic nitrogens is 2. The molecule has 0 fully saturated rings. The van der Waals surface area contributed by atoms with Gasteiger partial charge in [0.25, 0.3) is 0 Å². The van der Waals surface area contributed by atoms with E-state index in [-0.39, 0.29) is 20.1 Å². The number of hydrogen-bond acceptors (Lipinski definition) is 2. The molecule has 6 aromatic rings. The van der Waals surface area contributed by atoms with Crippen molar-refractivity contribution in [2.24, 2.45) is 0 Å². The molecule has 0 unspecified atom stereocenters. The zero-order valence-electron chi connectivity index (χ0n) is 22.0. The Hall–Kier alpha value is -4.17. The summed E-state index contributed by atoms with van der Waals surface area (Å²) in [7, 11) is 0. The van der Waals surface area contributed by atoms with Crippen molar-refractivity contribution >= 4 is 0 Å². The van der Waals surface area contributed by atoms with Gasteiger partial charge in [0.15, 0.2) is 0 Å². The van der Waals surface area contributed by atoms with Crippen molar-refractivity contribution in [2.75, 3.05) is 0 Å². The summed E-state index contributed by atoms with van der Waals surface area (Å²) in [5.74, 6) is 0. The van der Waals surface area contributed by atoms with E-state index >= 15 is 0 Å². The second-order valence-corrected chi connectivity index (χ2v) is 9.22. The number of aryl methyl sites for hydroxylation is 2. The summed E-state index contributed by atoms with van der Waals surface area (Å²) >= 11 is 0. The van der Waals surface area contributed by atoms with Crippen molar-refractivity contribution in [3.8, 4) is 44.8 Å². The Kier molecular flexibility index (Phi) is 9.69. The minimum atomic E-state index is 0. The molecule has 4 aromatic carbocycles. The number of benzene rings is 4. The fourth-order valence-corrected chi connectivity index (χ4v) is 4.43. The van der Waals surface area contributed by atoms with E-state index < -0.39 is 0 Å². The van der Waals surface area contributed by atoms with Crippen LogP contribution in [0.5, 0.6) is 0 Å². The topological polar surface area (TPSA) is 25.8 Å². The van der Waals surface area contributed by atoms with Crippen LogP contribution in [0.15, 0.2) is 140 Å². The maximum absolute atomic E-state index is 4.42. The molecule has 2 heterocycles. The van der Waals surface area contributed by atoms with E-state index in [1.54, 1.807) is 0 Å². The van der Waals surface area contributed by atoms with Crippen LogP contribution in [-0.2, 0) is 20.1 Å². The zero-order valence-corrected chi connectivity index (χ0v) is 24.4. The van der Waals surface area contributed by atoms with E-state index in [1.807, 2.05) is 60.9 Å². The van der Waals surface area contributed by atoms with Gasteiger partial charge in [-0.05, 0) is 65.2 Å². The molecule has 0 saturated heterocycles. The van der Waals surface area contributed by atoms with Crippen LogP contribution in [0.4, 0.5) is 0 Å². The largest absolute Gasteiger partial charge is 0.305 e. The summed E-state index contributed by atoms with van der Waals surface area (Å²) < 4.78 is 0. The molecule has 0 spiro atoms. The van der Waals surface area contributed by atoms with Crippen LogP contribution in [0.25, 0.3) is 44.8 Å². The van der Waals surface area contributed by atoms with Crippen molar-refractivity contribution in [3.63, 3.8) is 0 Å². The van der Waals surface area contributed by atoms with Gasteiger partial charge >= 0.3 is 0 Å². The third-order valence-corrected chi connectivity index (χ3v) is 6.20. The van der Waals surface area contributed by atoms with Crippen LogP contribution in [0.2, 0.25) is 0 Å². The Balaban J connectivity index is 0.000000176. The molecule has 193 valence electrons. The third-order valence-electron chi connectivity index (χ3n) is 6.20. The van der Waals surface area contributed by atoms with Gasteiger partial charge in [-0.1, -0.05) is 91.9 Å². The van der Waals surface area contributed by atoms with E-state index in [0.29, 0.717) is 0 Å². The van der Waals surface area contributed by atoms with Gasteiger partial charge < -0.3 is 4.98 Å². The second kappa shape index (κ2) is 13.6. The molecular weight excluding hydrogens is 653 g/mol. The minimum Gasteiger partial charge on any atom is -0.305 e. The number of pyridine rings is 2. The fourth-order valence-electron chi connectivity index (χ4n) is 4.43. The molecule has 1 radical (unpaired) electrons. The predicted octanol–water partition coefficient (Wildman–Crippen LogP) is 9.25. The summed E-state index contributed by atoms with van der Waals surface area (Å²) in [6.45, 7) is 4.19. The number of rotatable bonds is 4. The monoisotopic (exact) mass is 682 g/mol. The third kappa shape index (κ3) is 7.45. The van der Waals surface area contributed by atoms with E-state index in [0.717, 1.165) is 22.5 Å². The molecular formula is C36H29IrN2-. The average molecular weight is 682 g/mol. The second-order valence-electron chi connectivity index (χ2n) is 9.22. The Labute approximate surface area is 244 Å². The first-order valence-electron chi connectivity index (χ1n) is 12.7. The minimum absolute atomic E-state index is 0. The SMILES string of the molecule is Cc1[c-]c(-c2ccccn2)cc(-c2ccccc2)c1.Cc1cc(-c2ccccc2)cc(-c2ccccn2)c1.[Ir]. The van der Waals surface area contributed by atoms with Gasteiger partial charge in [-0.2, -0.15) is 0 Å². The first-order valence-corrected chi connectivity index (χ1v) is 12.7. The van der Waals surface area contributed by atoms with Gasteiger partial charge in [0, 0.05) is 38.1 Å². The average Bonchev–Trinajstić information content (AvgIpc) is 2.99. The molecule has 2 nitrogen and oxygen atoms in total. The standard InChI is InChI=1S/C18H15N.C18H14N.Ir/c2*1-14-11-16(15-7-3-2-4-8-15)13-17(12-14)18-9-5-6-10-19-18;/h2-13H,1H3;2-11,13H,1H3;/q;-1;. The normalized spacial score (nSPS) is 10.1. The molecule has 39 heavy (non-hydrogen) atoms. The summed E-state index contributed by atoms with van der Waals surface area (Å²) in [6, 6.07) is 47.0. The van der Waals surface area contributed by atoms with Crippen molar-refractivity contribution in [1.29, 1.82) is 0 Å². The molecule has 3 heteroatoms. The Morgan fingerprint density at radius 3 is 1.54 bits per heavy atom. The number of nitrogens with zero attached hydrogens (tertiary/aromatic N) is 2. The first-order chi connectivity index (χ1) is 18.7. The summed E-state index contributed by atoms with van der Waals surface area (Å²) in [6.07, 6.45) is 3.65. The smallest absolute Gasteiger partial charge is 0.0702 e. The van der Waals surface area contributed by atoms with Crippen LogP contribution < -0.4 is 0 Å². The fraction of sp³-hybridized carbons (Fsp3) is 0.0556. The molecule has 0 N–H and O–H groups in total. The molecule has 0 aliphatic carbocycles. The molecule has 0 aliphatic heterocycles. The Bertz CT molecular complexity index is 1360. The predicted molar refractivity (Wildman–Crippen MR) is 159 cm³/mol. The molecule has 6 rings (SSSR count). The van der Waals surface area contributed by atoms with Crippen LogP contribution in [-0.4, -0.2) is 9.97 Å². The maximum Gasteiger partial charge on any atom is 0.0702 e. The van der Waals surface area contributed by atoms with Gasteiger partial charge in [-0.25, -0.2) is 0 Å². The molecule has 2 aromatic heterocycles. The van der Waals surface area contributed by atoms with Gasteiger partial charge in [0.05, 0.1) is 5.69 Å². The van der Waals surface area contributed by atoms with Crippen LogP contribution in [0.3, 0.4) is 0 Å². The number of hydrogen-bond donors (Lipinski definition) is 0. The summed E-state index contributed by atoms with van der Waals surface area (Å²) in [4.78, 5) is 8.82. The molecule has 0 aliphatic rings. The van der Waals surface area contributed by atoms with E-state index in [4.69, 9.17) is 0 Å². The zero-order chi connectivity index (χ0) is 26.2. The van der Waals surface area contributed by atoms with Crippen LogP contribution in [0.1, 0.15) is 11.1 Å². The Morgan fingerprint density at radius 1 is 0.462 bits per heavy atom.